The van der Waals surface area contributed by atoms with Gasteiger partial charge in [0, 0.05) is 12.6 Å². The van der Waals surface area contributed by atoms with Crippen LogP contribution in [0, 0.1) is 5.82 Å². The lowest BCUT2D eigenvalue weighted by molar-refractivity contribution is 0.0988. The van der Waals surface area contributed by atoms with Crippen LogP contribution in [0.4, 0.5) is 4.39 Å². The van der Waals surface area contributed by atoms with E-state index in [1.54, 1.807) is 6.07 Å². The van der Waals surface area contributed by atoms with E-state index in [1.807, 2.05) is 0 Å². The second-order valence-electron chi connectivity index (χ2n) is 3.41. The minimum Gasteiger partial charge on any atom is -0.292 e. The van der Waals surface area contributed by atoms with Crippen molar-refractivity contribution in [1.29, 1.82) is 0 Å². The maximum absolute atomic E-state index is 13.2. The molecule has 0 bridgehead atoms. The van der Waals surface area contributed by atoms with Crippen LogP contribution in [0.1, 0.15) is 16.1 Å². The molecule has 1 aromatic carbocycles. The second kappa shape index (κ2) is 5.01. The number of rotatable bonds is 3. The molecule has 17 heavy (non-hydrogen) atoms. The summed E-state index contributed by atoms with van der Waals surface area (Å²) in [5.41, 5.74) is 0.746. The zero-order valence-corrected chi connectivity index (χ0v) is 9.49. The van der Waals surface area contributed by atoms with Crippen LogP contribution in [-0.4, -0.2) is 15.8 Å². The number of aromatic nitrogens is 2. The summed E-state index contributed by atoms with van der Waals surface area (Å²) in [5.74, 6) is -0.750. The Labute approximate surface area is 102 Å². The summed E-state index contributed by atoms with van der Waals surface area (Å²) in [4.78, 5) is 19.4. The third kappa shape index (κ3) is 2.65. The average Bonchev–Trinajstić information content (AvgIpc) is 2.36. The van der Waals surface area contributed by atoms with Gasteiger partial charge in [0.2, 0.25) is 0 Å². The van der Waals surface area contributed by atoms with Gasteiger partial charge >= 0.3 is 0 Å². The molecule has 5 heteroatoms. The Balaban J connectivity index is 2.22. The molecule has 0 aliphatic rings. The van der Waals surface area contributed by atoms with E-state index in [1.165, 1.54) is 30.7 Å². The molecule has 0 amide bonds. The van der Waals surface area contributed by atoms with Crippen LogP contribution in [0.3, 0.4) is 0 Å². The molecule has 86 valence electrons. The molecule has 2 rings (SSSR count). The Bertz CT molecular complexity index is 545. The number of nitrogens with zero attached hydrogens (tertiary/aromatic N) is 2. The highest BCUT2D eigenvalue weighted by Gasteiger charge is 2.12. The summed E-state index contributed by atoms with van der Waals surface area (Å²) in [5, 5.41) is -0.0186. The first-order valence-electron chi connectivity index (χ1n) is 4.90. The Morgan fingerprint density at radius 2 is 2.18 bits per heavy atom. The first kappa shape index (κ1) is 11.7. The fraction of sp³-hybridized carbons (Fsp3) is 0.0833. The number of Topliss-reactive ketones (excluding diaryl/α,β-unsaturated/α-hetero) is 1. The molecule has 2 aromatic rings. The maximum atomic E-state index is 13.2. The van der Waals surface area contributed by atoms with Gasteiger partial charge in [-0.05, 0) is 17.7 Å². The Morgan fingerprint density at radius 1 is 1.35 bits per heavy atom. The number of halogens is 2. The summed E-state index contributed by atoms with van der Waals surface area (Å²) in [7, 11) is 0. The number of carbonyl (C=O) groups is 1. The van der Waals surface area contributed by atoms with Crippen molar-refractivity contribution in [2.24, 2.45) is 0 Å². The minimum absolute atomic E-state index is 0.0186. The smallest absolute Gasteiger partial charge is 0.185 e. The van der Waals surface area contributed by atoms with Gasteiger partial charge < -0.3 is 0 Å². The largest absolute Gasteiger partial charge is 0.292 e. The van der Waals surface area contributed by atoms with Gasteiger partial charge in [-0.15, -0.1) is 0 Å². The number of hydrogen-bond acceptors (Lipinski definition) is 3. The van der Waals surface area contributed by atoms with Crippen LogP contribution >= 0.6 is 11.6 Å². The highest BCUT2D eigenvalue weighted by molar-refractivity contribution is 6.31. The minimum atomic E-state index is -0.528. The zero-order valence-electron chi connectivity index (χ0n) is 8.73. The molecule has 0 unspecified atom stereocenters. The van der Waals surface area contributed by atoms with Gasteiger partial charge in [-0.1, -0.05) is 23.7 Å². The van der Waals surface area contributed by atoms with Gasteiger partial charge in [0.05, 0.1) is 5.02 Å². The summed E-state index contributed by atoms with van der Waals surface area (Å²) in [6, 6.07) is 5.89. The van der Waals surface area contributed by atoms with E-state index in [0.29, 0.717) is 11.3 Å². The standard InChI is InChI=1S/C12H8ClFN2O/c13-12-8(2-1-3-9(12)14)6-11(17)10-4-5-15-7-16-10/h1-5,7H,6H2. The van der Waals surface area contributed by atoms with Crippen molar-refractivity contribution in [1.82, 2.24) is 9.97 Å². The normalized spacial score (nSPS) is 10.2. The fourth-order valence-electron chi connectivity index (χ4n) is 1.40. The van der Waals surface area contributed by atoms with Gasteiger partial charge in [0.1, 0.15) is 17.8 Å². The molecule has 0 saturated carbocycles. The van der Waals surface area contributed by atoms with Gasteiger partial charge in [0.15, 0.2) is 5.78 Å². The first-order chi connectivity index (χ1) is 8.18. The quantitative estimate of drug-likeness (QED) is 0.787. The van der Waals surface area contributed by atoms with E-state index in [0.717, 1.165) is 0 Å². The first-order valence-corrected chi connectivity index (χ1v) is 5.28. The summed E-state index contributed by atoms with van der Waals surface area (Å²) >= 11 is 5.76. The van der Waals surface area contributed by atoms with Gasteiger partial charge in [-0.3, -0.25) is 4.79 Å². The summed E-state index contributed by atoms with van der Waals surface area (Å²) < 4.78 is 13.2. The average molecular weight is 251 g/mol. The predicted molar refractivity (Wildman–Crippen MR) is 61.5 cm³/mol. The topological polar surface area (TPSA) is 42.9 Å². The van der Waals surface area contributed by atoms with Crippen molar-refractivity contribution < 1.29 is 9.18 Å². The fourth-order valence-corrected chi connectivity index (χ4v) is 1.60. The molecule has 0 atom stereocenters. The lowest BCUT2D eigenvalue weighted by Crippen LogP contribution is -2.06. The van der Waals surface area contributed by atoms with Crippen LogP contribution < -0.4 is 0 Å². The van der Waals surface area contributed by atoms with Crippen LogP contribution in [0.2, 0.25) is 5.02 Å². The van der Waals surface area contributed by atoms with E-state index in [4.69, 9.17) is 11.6 Å². The number of benzene rings is 1. The monoisotopic (exact) mass is 250 g/mol. The van der Waals surface area contributed by atoms with E-state index >= 15 is 0 Å². The lowest BCUT2D eigenvalue weighted by Gasteiger charge is -2.03. The predicted octanol–water partition coefficient (Wildman–Crippen LogP) is 2.69. The number of carbonyl (C=O) groups excluding carboxylic acids is 1. The SMILES string of the molecule is O=C(Cc1cccc(F)c1Cl)c1ccncn1. The summed E-state index contributed by atoms with van der Waals surface area (Å²) in [6.45, 7) is 0. The number of ketones is 1. The highest BCUT2D eigenvalue weighted by atomic mass is 35.5. The van der Waals surface area contributed by atoms with E-state index in [-0.39, 0.29) is 17.2 Å². The Morgan fingerprint density at radius 3 is 2.88 bits per heavy atom. The molecule has 0 N–H and O–H groups in total. The molecule has 0 saturated heterocycles. The molecule has 0 aliphatic carbocycles. The van der Waals surface area contributed by atoms with Crippen molar-refractivity contribution in [3.8, 4) is 0 Å². The molecule has 0 fully saturated rings. The van der Waals surface area contributed by atoms with Crippen molar-refractivity contribution in [3.05, 3.63) is 58.9 Å². The van der Waals surface area contributed by atoms with E-state index in [9.17, 15) is 9.18 Å². The van der Waals surface area contributed by atoms with Crippen LogP contribution in [0.25, 0.3) is 0 Å². The molecule has 0 radical (unpaired) electrons. The third-order valence-electron chi connectivity index (χ3n) is 2.25. The van der Waals surface area contributed by atoms with Crippen LogP contribution in [0.5, 0.6) is 0 Å². The van der Waals surface area contributed by atoms with Crippen molar-refractivity contribution in [2.75, 3.05) is 0 Å². The molecular weight excluding hydrogens is 243 g/mol. The maximum Gasteiger partial charge on any atom is 0.185 e. The van der Waals surface area contributed by atoms with Crippen LogP contribution in [-0.2, 0) is 6.42 Å². The highest BCUT2D eigenvalue weighted by Crippen LogP contribution is 2.20. The molecule has 1 heterocycles. The molecule has 1 aromatic heterocycles. The second-order valence-corrected chi connectivity index (χ2v) is 3.79. The van der Waals surface area contributed by atoms with Crippen molar-refractivity contribution in [3.63, 3.8) is 0 Å². The van der Waals surface area contributed by atoms with Gasteiger partial charge in [-0.25, -0.2) is 14.4 Å². The van der Waals surface area contributed by atoms with Gasteiger partial charge in [0.25, 0.3) is 0 Å². The molecule has 0 aliphatic heterocycles. The third-order valence-corrected chi connectivity index (χ3v) is 2.67. The van der Waals surface area contributed by atoms with Gasteiger partial charge in [-0.2, -0.15) is 0 Å². The van der Waals surface area contributed by atoms with E-state index < -0.39 is 5.82 Å². The molecular formula is C12H8ClFN2O. The summed E-state index contributed by atoms with van der Waals surface area (Å²) in [6.07, 6.45) is 2.79. The Hall–Kier alpha value is -1.81. The van der Waals surface area contributed by atoms with Crippen LogP contribution in [0.15, 0.2) is 36.8 Å². The van der Waals surface area contributed by atoms with E-state index in [2.05, 4.69) is 9.97 Å². The van der Waals surface area contributed by atoms with Crippen molar-refractivity contribution >= 4 is 17.4 Å². The molecule has 0 spiro atoms. The zero-order chi connectivity index (χ0) is 12.3. The van der Waals surface area contributed by atoms with Crippen molar-refractivity contribution in [2.45, 2.75) is 6.42 Å². The Kier molecular flexibility index (Phi) is 3.44. The lowest BCUT2D eigenvalue weighted by atomic mass is 10.1. The number of hydrogen-bond donors (Lipinski definition) is 0. The molecule has 3 nitrogen and oxygen atoms in total.